The fourth-order valence-corrected chi connectivity index (χ4v) is 1.11. The van der Waals surface area contributed by atoms with Crippen molar-refractivity contribution in [3.8, 4) is 0 Å². The van der Waals surface area contributed by atoms with Crippen LogP contribution in [0.25, 0.3) is 0 Å². The highest BCUT2D eigenvalue weighted by molar-refractivity contribution is 5.91. The minimum Gasteiger partial charge on any atom is -0.399 e. The molecular weight excluding hydrogens is 178 g/mol. The average Bonchev–Trinajstić information content (AvgIpc) is 2.30. The Balaban J connectivity index is 2.86. The largest absolute Gasteiger partial charge is 0.399 e. The number of amides is 1. The molecule has 1 aliphatic rings. The molecule has 1 aliphatic heterocycles. The van der Waals surface area contributed by atoms with E-state index in [1.54, 1.807) is 31.4 Å². The van der Waals surface area contributed by atoms with E-state index in [0.29, 0.717) is 12.2 Å². The Kier molecular flexibility index (Phi) is 3.06. The van der Waals surface area contributed by atoms with Crippen LogP contribution in [0, 0.1) is 0 Å². The van der Waals surface area contributed by atoms with Gasteiger partial charge in [-0.1, -0.05) is 0 Å². The Labute approximate surface area is 83.6 Å². The summed E-state index contributed by atoms with van der Waals surface area (Å²) in [5, 5.41) is 2.73. The van der Waals surface area contributed by atoms with E-state index in [9.17, 15) is 4.79 Å². The topological polar surface area (TPSA) is 67.5 Å². The Bertz CT molecular complexity index is 317. The fourth-order valence-electron chi connectivity index (χ4n) is 1.11. The quantitative estimate of drug-likeness (QED) is 0.665. The number of likely N-dealkylation sites (N-methyl/N-ethyl adjacent to an activating group) is 1. The van der Waals surface area contributed by atoms with Crippen LogP contribution >= 0.6 is 0 Å². The average molecular weight is 193 g/mol. The highest BCUT2D eigenvalue weighted by Crippen LogP contribution is 2.14. The van der Waals surface area contributed by atoms with Crippen LogP contribution in [0.4, 0.5) is 0 Å². The third-order valence-electron chi connectivity index (χ3n) is 2.01. The number of hydrogen-bond donors (Lipinski definition) is 2. The van der Waals surface area contributed by atoms with Crippen molar-refractivity contribution in [1.29, 1.82) is 0 Å². The normalized spacial score (nSPS) is 25.4. The molecule has 4 nitrogen and oxygen atoms in total. The zero-order valence-corrected chi connectivity index (χ0v) is 8.45. The van der Waals surface area contributed by atoms with Crippen molar-refractivity contribution in [1.82, 2.24) is 5.32 Å². The van der Waals surface area contributed by atoms with Gasteiger partial charge in [0.05, 0.1) is 0 Å². The number of carbonyl (C=O) groups is 1. The van der Waals surface area contributed by atoms with Crippen molar-refractivity contribution in [2.75, 3.05) is 6.54 Å². The molecule has 0 spiro atoms. The van der Waals surface area contributed by atoms with Crippen LogP contribution in [0.15, 0.2) is 28.9 Å². The van der Waals surface area contributed by atoms with Gasteiger partial charge in [-0.15, -0.1) is 0 Å². The summed E-state index contributed by atoms with van der Waals surface area (Å²) in [4.78, 5) is 15.8. The highest BCUT2D eigenvalue weighted by atomic mass is 16.2. The van der Waals surface area contributed by atoms with E-state index in [1.165, 1.54) is 0 Å². The molecule has 0 aromatic carbocycles. The predicted molar refractivity (Wildman–Crippen MR) is 57.0 cm³/mol. The van der Waals surface area contributed by atoms with Gasteiger partial charge < -0.3 is 11.1 Å². The van der Waals surface area contributed by atoms with Gasteiger partial charge in [-0.25, -0.2) is 0 Å². The van der Waals surface area contributed by atoms with E-state index in [2.05, 4.69) is 10.3 Å². The van der Waals surface area contributed by atoms with E-state index in [-0.39, 0.29) is 5.91 Å². The van der Waals surface area contributed by atoms with E-state index < -0.39 is 5.54 Å². The Morgan fingerprint density at radius 3 is 3.07 bits per heavy atom. The van der Waals surface area contributed by atoms with Gasteiger partial charge in [0.2, 0.25) is 0 Å². The number of carbonyl (C=O) groups excluding carboxylic acids is 1. The lowest BCUT2D eigenvalue weighted by Gasteiger charge is -2.18. The Morgan fingerprint density at radius 2 is 2.43 bits per heavy atom. The third-order valence-corrected chi connectivity index (χ3v) is 2.01. The minimum atomic E-state index is -0.840. The van der Waals surface area contributed by atoms with E-state index >= 15 is 0 Å². The molecule has 4 heteroatoms. The highest BCUT2D eigenvalue weighted by Gasteiger charge is 2.28. The zero-order valence-electron chi connectivity index (χ0n) is 8.45. The second-order valence-corrected chi connectivity index (χ2v) is 3.29. The van der Waals surface area contributed by atoms with Gasteiger partial charge in [0.25, 0.3) is 5.91 Å². The van der Waals surface area contributed by atoms with Gasteiger partial charge in [0.1, 0.15) is 0 Å². The lowest BCUT2D eigenvalue weighted by atomic mass is 10.0. The molecule has 0 saturated heterocycles. The van der Waals surface area contributed by atoms with Gasteiger partial charge in [-0.2, -0.15) is 0 Å². The standard InChI is InChI=1S/C10H15N3O/c1-3-12-9(14)10(2)6-4-8(11)5-7-13-10/h4-7H,3,11H2,1-2H3,(H,12,14). The summed E-state index contributed by atoms with van der Waals surface area (Å²) in [5.41, 5.74) is 5.34. The van der Waals surface area contributed by atoms with Crippen LogP contribution in [0.5, 0.6) is 0 Å². The summed E-state index contributed by atoms with van der Waals surface area (Å²) in [6, 6.07) is 0. The molecule has 0 aliphatic carbocycles. The minimum absolute atomic E-state index is 0.115. The van der Waals surface area contributed by atoms with E-state index in [1.807, 2.05) is 6.92 Å². The van der Waals surface area contributed by atoms with Gasteiger partial charge >= 0.3 is 0 Å². The molecule has 76 valence electrons. The molecule has 0 saturated carbocycles. The summed E-state index contributed by atoms with van der Waals surface area (Å²) in [7, 11) is 0. The summed E-state index contributed by atoms with van der Waals surface area (Å²) in [6.07, 6.45) is 6.63. The van der Waals surface area contributed by atoms with Crippen LogP contribution in [-0.4, -0.2) is 24.2 Å². The second-order valence-electron chi connectivity index (χ2n) is 3.29. The lowest BCUT2D eigenvalue weighted by molar-refractivity contribution is -0.124. The molecule has 3 N–H and O–H groups in total. The first kappa shape index (κ1) is 10.5. The number of nitrogens with zero attached hydrogens (tertiary/aromatic N) is 1. The molecule has 0 aromatic rings. The number of aliphatic imine (C=N–C) groups is 1. The summed E-state index contributed by atoms with van der Waals surface area (Å²) >= 11 is 0. The summed E-state index contributed by atoms with van der Waals surface area (Å²) < 4.78 is 0. The molecule has 1 amide bonds. The summed E-state index contributed by atoms with van der Waals surface area (Å²) in [5.74, 6) is -0.115. The summed E-state index contributed by atoms with van der Waals surface area (Å²) in [6.45, 7) is 4.22. The van der Waals surface area contributed by atoms with Crippen LogP contribution in [0.3, 0.4) is 0 Å². The van der Waals surface area contributed by atoms with Crippen molar-refractivity contribution >= 4 is 12.1 Å². The monoisotopic (exact) mass is 193 g/mol. The lowest BCUT2D eigenvalue weighted by Crippen LogP contribution is -2.41. The first-order valence-corrected chi connectivity index (χ1v) is 4.57. The molecule has 0 bridgehead atoms. The molecule has 0 aromatic heterocycles. The second kappa shape index (κ2) is 4.09. The molecular formula is C10H15N3O. The van der Waals surface area contributed by atoms with Crippen LogP contribution in [0.2, 0.25) is 0 Å². The molecule has 1 heterocycles. The SMILES string of the molecule is CCNC(=O)C1(C)C=CC(N)=CC=N1. The van der Waals surface area contributed by atoms with Crippen molar-refractivity contribution in [3.05, 3.63) is 23.9 Å². The molecule has 1 rings (SSSR count). The van der Waals surface area contributed by atoms with Gasteiger partial charge in [-0.05, 0) is 32.1 Å². The van der Waals surface area contributed by atoms with Gasteiger partial charge in [0.15, 0.2) is 5.54 Å². The van der Waals surface area contributed by atoms with Crippen molar-refractivity contribution in [3.63, 3.8) is 0 Å². The zero-order chi connectivity index (χ0) is 10.6. The van der Waals surface area contributed by atoms with Gasteiger partial charge in [0, 0.05) is 18.5 Å². The number of nitrogens with two attached hydrogens (primary N) is 1. The molecule has 0 radical (unpaired) electrons. The van der Waals surface area contributed by atoms with Crippen molar-refractivity contribution in [2.24, 2.45) is 10.7 Å². The maximum Gasteiger partial charge on any atom is 0.251 e. The van der Waals surface area contributed by atoms with Crippen LogP contribution in [0.1, 0.15) is 13.8 Å². The number of rotatable bonds is 2. The van der Waals surface area contributed by atoms with Crippen molar-refractivity contribution in [2.45, 2.75) is 19.4 Å². The Hall–Kier alpha value is -1.58. The first-order chi connectivity index (χ1) is 6.58. The van der Waals surface area contributed by atoms with E-state index in [0.717, 1.165) is 0 Å². The van der Waals surface area contributed by atoms with Gasteiger partial charge in [-0.3, -0.25) is 9.79 Å². The van der Waals surface area contributed by atoms with E-state index in [4.69, 9.17) is 5.73 Å². The Morgan fingerprint density at radius 1 is 1.71 bits per heavy atom. The number of nitrogens with one attached hydrogen (secondary N) is 1. The van der Waals surface area contributed by atoms with Crippen LogP contribution in [-0.2, 0) is 4.79 Å². The number of allylic oxidation sites excluding steroid dienone is 2. The molecule has 1 atom stereocenters. The molecule has 14 heavy (non-hydrogen) atoms. The fraction of sp³-hybridized carbons (Fsp3) is 0.400. The van der Waals surface area contributed by atoms with Crippen molar-refractivity contribution < 1.29 is 4.79 Å². The number of hydrogen-bond acceptors (Lipinski definition) is 3. The molecule has 1 unspecified atom stereocenters. The smallest absolute Gasteiger partial charge is 0.251 e. The molecule has 0 fully saturated rings. The van der Waals surface area contributed by atoms with Crippen LogP contribution < -0.4 is 11.1 Å². The third kappa shape index (κ3) is 2.22. The maximum atomic E-state index is 11.6. The predicted octanol–water partition coefficient (Wildman–Crippen LogP) is 0.364. The maximum absolute atomic E-state index is 11.6. The first-order valence-electron chi connectivity index (χ1n) is 4.57.